The molecule has 0 bridgehead atoms. The molecule has 0 aliphatic heterocycles. The van der Waals surface area contributed by atoms with E-state index in [1.807, 2.05) is 31.3 Å². The minimum Gasteiger partial charge on any atom is -0.316 e. The first-order chi connectivity index (χ1) is 9.60. The van der Waals surface area contributed by atoms with Crippen molar-refractivity contribution in [2.24, 2.45) is 0 Å². The van der Waals surface area contributed by atoms with Crippen LogP contribution in [-0.2, 0) is 12.8 Å². The second kappa shape index (κ2) is 7.07. The van der Waals surface area contributed by atoms with Crippen LogP contribution in [0.1, 0.15) is 11.1 Å². The third-order valence-corrected chi connectivity index (χ3v) is 3.80. The maximum absolute atomic E-state index is 13.9. The molecule has 0 spiro atoms. The van der Waals surface area contributed by atoms with Crippen molar-refractivity contribution in [3.63, 3.8) is 0 Å². The smallest absolute Gasteiger partial charge is 0.145 e. The van der Waals surface area contributed by atoms with Crippen LogP contribution in [0.15, 0.2) is 42.5 Å². The van der Waals surface area contributed by atoms with E-state index >= 15 is 0 Å². The Balaban J connectivity index is 2.11. The van der Waals surface area contributed by atoms with Gasteiger partial charge >= 0.3 is 0 Å². The molecule has 2 rings (SSSR count). The van der Waals surface area contributed by atoms with E-state index in [1.165, 1.54) is 0 Å². The van der Waals surface area contributed by atoms with Gasteiger partial charge in [-0.25, -0.2) is 4.39 Å². The van der Waals surface area contributed by atoms with Gasteiger partial charge in [0.1, 0.15) is 5.82 Å². The van der Waals surface area contributed by atoms with Crippen LogP contribution in [-0.4, -0.2) is 13.1 Å². The van der Waals surface area contributed by atoms with Crippen LogP contribution in [0.3, 0.4) is 0 Å². The lowest BCUT2D eigenvalue weighted by molar-refractivity contribution is 0.532. The van der Waals surface area contributed by atoms with E-state index in [4.69, 9.17) is 23.2 Å². The van der Waals surface area contributed by atoms with E-state index in [-0.39, 0.29) is 16.9 Å². The number of benzene rings is 2. The molecule has 0 radical (unpaired) electrons. The molecule has 1 N–H and O–H groups in total. The number of halogens is 3. The summed E-state index contributed by atoms with van der Waals surface area (Å²) in [6.07, 6.45) is 1.36. The third-order valence-electron chi connectivity index (χ3n) is 3.28. The molecule has 0 saturated carbocycles. The lowest BCUT2D eigenvalue weighted by atomic mass is 9.99. The van der Waals surface area contributed by atoms with Crippen LogP contribution in [0, 0.1) is 5.82 Å². The second-order valence-corrected chi connectivity index (χ2v) is 5.58. The Morgan fingerprint density at radius 2 is 1.85 bits per heavy atom. The van der Waals surface area contributed by atoms with E-state index < -0.39 is 0 Å². The van der Waals surface area contributed by atoms with Crippen LogP contribution >= 0.6 is 23.2 Å². The summed E-state index contributed by atoms with van der Waals surface area (Å²) in [5.74, 6) is -0.333. The highest BCUT2D eigenvalue weighted by atomic mass is 35.5. The predicted octanol–water partition coefficient (Wildman–Crippen LogP) is 4.51. The second-order valence-electron chi connectivity index (χ2n) is 4.74. The lowest BCUT2D eigenvalue weighted by Gasteiger charge is -2.17. The third kappa shape index (κ3) is 3.95. The molecule has 1 unspecified atom stereocenters. The zero-order valence-electron chi connectivity index (χ0n) is 11.2. The first-order valence-electron chi connectivity index (χ1n) is 6.44. The van der Waals surface area contributed by atoms with Gasteiger partial charge in [-0.15, -0.1) is 0 Å². The van der Waals surface area contributed by atoms with E-state index in [0.717, 1.165) is 12.0 Å². The average Bonchev–Trinajstić information content (AvgIpc) is 2.43. The molecule has 0 saturated heterocycles. The molecule has 4 heteroatoms. The predicted molar refractivity (Wildman–Crippen MR) is 83.1 cm³/mol. The largest absolute Gasteiger partial charge is 0.316 e. The normalized spacial score (nSPS) is 12.4. The topological polar surface area (TPSA) is 12.0 Å². The van der Waals surface area contributed by atoms with E-state index in [0.29, 0.717) is 17.0 Å². The van der Waals surface area contributed by atoms with Crippen molar-refractivity contribution in [1.29, 1.82) is 0 Å². The highest BCUT2D eigenvalue weighted by Crippen LogP contribution is 2.20. The molecule has 0 aliphatic rings. The summed E-state index contributed by atoms with van der Waals surface area (Å²) >= 11 is 11.8. The molecule has 0 heterocycles. The van der Waals surface area contributed by atoms with Crippen molar-refractivity contribution in [2.75, 3.05) is 7.05 Å². The number of rotatable bonds is 5. The average molecular weight is 312 g/mol. The Labute approximate surface area is 128 Å². The number of nitrogens with one attached hydrogen (secondary N) is 1. The van der Waals surface area contributed by atoms with E-state index in [1.54, 1.807) is 18.2 Å². The summed E-state index contributed by atoms with van der Waals surface area (Å²) in [6, 6.07) is 12.9. The fourth-order valence-electron chi connectivity index (χ4n) is 2.20. The molecule has 0 aliphatic carbocycles. The van der Waals surface area contributed by atoms with E-state index in [9.17, 15) is 4.39 Å². The van der Waals surface area contributed by atoms with Crippen molar-refractivity contribution >= 4 is 23.2 Å². The molecular weight excluding hydrogens is 296 g/mol. The van der Waals surface area contributed by atoms with Gasteiger partial charge in [-0.1, -0.05) is 47.5 Å². The van der Waals surface area contributed by atoms with Gasteiger partial charge in [-0.2, -0.15) is 0 Å². The van der Waals surface area contributed by atoms with Crippen LogP contribution in [0.4, 0.5) is 4.39 Å². The summed E-state index contributed by atoms with van der Waals surface area (Å²) in [4.78, 5) is 0. The Hall–Kier alpha value is -1.09. The lowest BCUT2D eigenvalue weighted by Crippen LogP contribution is -2.30. The van der Waals surface area contributed by atoms with Crippen LogP contribution in [0.5, 0.6) is 0 Å². The summed E-state index contributed by atoms with van der Waals surface area (Å²) in [5, 5.41) is 4.09. The fourth-order valence-corrected chi connectivity index (χ4v) is 2.60. The van der Waals surface area contributed by atoms with Crippen LogP contribution in [0.25, 0.3) is 0 Å². The van der Waals surface area contributed by atoms with Crippen molar-refractivity contribution in [1.82, 2.24) is 5.32 Å². The number of likely N-dealkylation sites (N-methyl/N-ethyl adjacent to an activating group) is 1. The van der Waals surface area contributed by atoms with Gasteiger partial charge in [0.25, 0.3) is 0 Å². The van der Waals surface area contributed by atoms with Crippen molar-refractivity contribution in [2.45, 2.75) is 18.9 Å². The molecule has 2 aromatic rings. The fraction of sp³-hybridized carbons (Fsp3) is 0.250. The van der Waals surface area contributed by atoms with Gasteiger partial charge in [0.05, 0.1) is 5.02 Å². The maximum atomic E-state index is 13.9. The monoisotopic (exact) mass is 311 g/mol. The quantitative estimate of drug-likeness (QED) is 0.857. The van der Waals surface area contributed by atoms with Gasteiger partial charge in [-0.3, -0.25) is 0 Å². The molecule has 1 atom stereocenters. The Bertz CT molecular complexity index is 586. The number of hydrogen-bond donors (Lipinski definition) is 1. The first-order valence-corrected chi connectivity index (χ1v) is 7.20. The SMILES string of the molecule is CNC(Cc1cccc(Cl)c1)Cc1cccc(Cl)c1F. The maximum Gasteiger partial charge on any atom is 0.145 e. The molecule has 1 nitrogen and oxygen atoms in total. The van der Waals surface area contributed by atoms with Crippen molar-refractivity contribution < 1.29 is 4.39 Å². The standard InChI is InChI=1S/C16H16Cl2FN/c1-20-14(9-11-4-2-6-13(17)8-11)10-12-5-3-7-15(18)16(12)19/h2-8,14,20H,9-10H2,1H3. The molecule has 106 valence electrons. The van der Waals surface area contributed by atoms with Gasteiger partial charge in [0.2, 0.25) is 0 Å². The van der Waals surface area contributed by atoms with Crippen LogP contribution in [0.2, 0.25) is 10.0 Å². The summed E-state index contributed by atoms with van der Waals surface area (Å²) in [6.45, 7) is 0. The van der Waals surface area contributed by atoms with Gasteiger partial charge in [0, 0.05) is 11.1 Å². The van der Waals surface area contributed by atoms with Crippen LogP contribution < -0.4 is 5.32 Å². The highest BCUT2D eigenvalue weighted by molar-refractivity contribution is 6.31. The van der Waals surface area contributed by atoms with Crippen molar-refractivity contribution in [3.05, 3.63) is 69.5 Å². The molecule has 0 amide bonds. The molecule has 2 aromatic carbocycles. The molecule has 0 fully saturated rings. The van der Waals surface area contributed by atoms with Gasteiger partial charge in [0.15, 0.2) is 0 Å². The minimum atomic E-state index is -0.333. The summed E-state index contributed by atoms with van der Waals surface area (Å²) < 4.78 is 13.9. The zero-order chi connectivity index (χ0) is 14.5. The highest BCUT2D eigenvalue weighted by Gasteiger charge is 2.13. The molecular formula is C16H16Cl2FN. The number of hydrogen-bond acceptors (Lipinski definition) is 1. The Morgan fingerprint density at radius 3 is 2.55 bits per heavy atom. The zero-order valence-corrected chi connectivity index (χ0v) is 12.7. The summed E-state index contributed by atoms with van der Waals surface area (Å²) in [7, 11) is 1.87. The minimum absolute atomic E-state index is 0.126. The van der Waals surface area contributed by atoms with Gasteiger partial charge in [-0.05, 0) is 49.2 Å². The van der Waals surface area contributed by atoms with E-state index in [2.05, 4.69) is 5.32 Å². The van der Waals surface area contributed by atoms with Crippen molar-refractivity contribution in [3.8, 4) is 0 Å². The molecule has 0 aromatic heterocycles. The van der Waals surface area contributed by atoms with Gasteiger partial charge < -0.3 is 5.32 Å². The molecule has 20 heavy (non-hydrogen) atoms. The Kier molecular flexibility index (Phi) is 5.41. The Morgan fingerprint density at radius 1 is 1.10 bits per heavy atom. The summed E-state index contributed by atoms with van der Waals surface area (Å²) in [5.41, 5.74) is 1.75. The first kappa shape index (κ1) is 15.3.